The second-order valence-electron chi connectivity index (χ2n) is 4.31. The van der Waals surface area contributed by atoms with Gasteiger partial charge in [0.25, 0.3) is 10.0 Å². The van der Waals surface area contributed by atoms with Crippen LogP contribution in [0, 0.1) is 12.7 Å². The summed E-state index contributed by atoms with van der Waals surface area (Å²) in [5, 5.41) is 0. The van der Waals surface area contributed by atoms with E-state index >= 15 is 0 Å². The highest BCUT2D eigenvalue weighted by Crippen LogP contribution is 2.24. The van der Waals surface area contributed by atoms with Gasteiger partial charge in [-0.05, 0) is 48.9 Å². The van der Waals surface area contributed by atoms with Gasteiger partial charge in [0.1, 0.15) is 10.7 Å². The van der Waals surface area contributed by atoms with E-state index in [0.717, 1.165) is 22.2 Å². The highest BCUT2D eigenvalue weighted by Gasteiger charge is 2.19. The van der Waals surface area contributed by atoms with Crippen molar-refractivity contribution in [2.45, 2.75) is 11.8 Å². The highest BCUT2D eigenvalue weighted by molar-refractivity contribution is 9.10. The van der Waals surface area contributed by atoms with Crippen LogP contribution in [-0.2, 0) is 10.0 Å². The van der Waals surface area contributed by atoms with Gasteiger partial charge in [-0.3, -0.25) is 4.72 Å². The van der Waals surface area contributed by atoms with Crippen LogP contribution in [0.1, 0.15) is 5.56 Å². The fourth-order valence-corrected chi connectivity index (χ4v) is 3.45. The molecule has 4 nitrogen and oxygen atoms in total. The Balaban J connectivity index is 2.40. The zero-order valence-corrected chi connectivity index (χ0v) is 12.9. The van der Waals surface area contributed by atoms with Crippen molar-refractivity contribution in [2.24, 2.45) is 0 Å². The maximum absolute atomic E-state index is 13.7. The Morgan fingerprint density at radius 1 is 1.20 bits per heavy atom. The molecule has 106 valence electrons. The Labute approximate surface area is 125 Å². The van der Waals surface area contributed by atoms with E-state index < -0.39 is 20.7 Å². The van der Waals surface area contributed by atoms with E-state index in [1.165, 1.54) is 6.07 Å². The second-order valence-corrected chi connectivity index (χ2v) is 6.88. The average Bonchev–Trinajstić information content (AvgIpc) is 2.25. The van der Waals surface area contributed by atoms with Crippen LogP contribution in [0.5, 0.6) is 0 Å². The third kappa shape index (κ3) is 3.29. The number of benzene rings is 2. The smallest absolute Gasteiger partial charge is 0.264 e. The molecular weight excluding hydrogens is 347 g/mol. The van der Waals surface area contributed by atoms with Crippen molar-refractivity contribution < 1.29 is 12.8 Å². The van der Waals surface area contributed by atoms with Crippen molar-refractivity contribution in [3.05, 3.63) is 52.3 Å². The minimum absolute atomic E-state index is 0.166. The predicted molar refractivity (Wildman–Crippen MR) is 80.5 cm³/mol. The van der Waals surface area contributed by atoms with E-state index in [2.05, 4.69) is 20.7 Å². The van der Waals surface area contributed by atoms with Crippen molar-refractivity contribution in [2.75, 3.05) is 10.5 Å². The molecule has 2 aromatic carbocycles. The zero-order chi connectivity index (χ0) is 14.9. The molecule has 7 heteroatoms. The number of nitrogen functional groups attached to an aromatic ring is 1. The van der Waals surface area contributed by atoms with Gasteiger partial charge in [-0.15, -0.1) is 0 Å². The number of anilines is 2. The Hall–Kier alpha value is -1.60. The quantitative estimate of drug-likeness (QED) is 0.827. The predicted octanol–water partition coefficient (Wildman–Crippen LogP) is 3.28. The lowest BCUT2D eigenvalue weighted by Gasteiger charge is -2.10. The molecule has 0 spiro atoms. The van der Waals surface area contributed by atoms with Crippen molar-refractivity contribution >= 4 is 37.3 Å². The van der Waals surface area contributed by atoms with Gasteiger partial charge < -0.3 is 5.73 Å². The van der Waals surface area contributed by atoms with E-state index in [0.29, 0.717) is 5.69 Å². The van der Waals surface area contributed by atoms with Gasteiger partial charge in [0.15, 0.2) is 0 Å². The third-order valence-electron chi connectivity index (χ3n) is 2.54. The van der Waals surface area contributed by atoms with Crippen molar-refractivity contribution in [3.8, 4) is 0 Å². The molecule has 3 N–H and O–H groups in total. The summed E-state index contributed by atoms with van der Waals surface area (Å²) in [5.41, 5.74) is 6.79. The Morgan fingerprint density at radius 3 is 2.50 bits per heavy atom. The summed E-state index contributed by atoms with van der Waals surface area (Å²) in [5.74, 6) is -0.885. The largest absolute Gasteiger partial charge is 0.399 e. The topological polar surface area (TPSA) is 72.2 Å². The first-order chi connectivity index (χ1) is 9.28. The molecule has 2 rings (SSSR count). The number of aryl methyl sites for hydroxylation is 1. The molecule has 0 fully saturated rings. The summed E-state index contributed by atoms with van der Waals surface area (Å²) in [6.45, 7) is 1.83. The van der Waals surface area contributed by atoms with E-state index in [1.807, 2.05) is 13.0 Å². The van der Waals surface area contributed by atoms with Crippen LogP contribution in [-0.4, -0.2) is 8.42 Å². The molecule has 2 aromatic rings. The molecule has 0 heterocycles. The summed E-state index contributed by atoms with van der Waals surface area (Å²) in [6.07, 6.45) is 0. The summed E-state index contributed by atoms with van der Waals surface area (Å²) < 4.78 is 41.1. The van der Waals surface area contributed by atoms with Gasteiger partial charge in [-0.1, -0.05) is 15.9 Å². The van der Waals surface area contributed by atoms with Gasteiger partial charge in [0, 0.05) is 10.2 Å². The first kappa shape index (κ1) is 14.8. The summed E-state index contributed by atoms with van der Waals surface area (Å²) in [4.78, 5) is -0.440. The normalized spacial score (nSPS) is 11.3. The maximum Gasteiger partial charge on any atom is 0.264 e. The third-order valence-corrected chi connectivity index (χ3v) is 4.41. The second kappa shape index (κ2) is 5.41. The molecule has 0 aromatic heterocycles. The molecule has 0 aliphatic rings. The van der Waals surface area contributed by atoms with Crippen LogP contribution >= 0.6 is 15.9 Å². The molecule has 20 heavy (non-hydrogen) atoms. The Kier molecular flexibility index (Phi) is 4.01. The van der Waals surface area contributed by atoms with E-state index in [9.17, 15) is 12.8 Å². The van der Waals surface area contributed by atoms with Gasteiger partial charge >= 0.3 is 0 Å². The van der Waals surface area contributed by atoms with Gasteiger partial charge in [0.2, 0.25) is 0 Å². The molecule has 0 atom stereocenters. The number of hydrogen-bond donors (Lipinski definition) is 2. The first-order valence-electron chi connectivity index (χ1n) is 5.63. The number of hydrogen-bond acceptors (Lipinski definition) is 3. The lowest BCUT2D eigenvalue weighted by Crippen LogP contribution is -2.14. The monoisotopic (exact) mass is 358 g/mol. The first-order valence-corrected chi connectivity index (χ1v) is 7.90. The number of rotatable bonds is 3. The highest BCUT2D eigenvalue weighted by atomic mass is 79.9. The lowest BCUT2D eigenvalue weighted by atomic mass is 10.2. The molecular formula is C13H12BrFN2O2S. The van der Waals surface area contributed by atoms with Crippen molar-refractivity contribution in [1.29, 1.82) is 0 Å². The van der Waals surface area contributed by atoms with Crippen LogP contribution in [0.25, 0.3) is 0 Å². The van der Waals surface area contributed by atoms with E-state index in [1.54, 1.807) is 12.1 Å². The summed E-state index contributed by atoms with van der Waals surface area (Å²) in [6, 6.07) is 8.53. The fourth-order valence-electron chi connectivity index (χ4n) is 1.74. The number of sulfonamides is 1. The zero-order valence-electron chi connectivity index (χ0n) is 10.5. The minimum atomic E-state index is -4.00. The molecule has 0 aliphatic carbocycles. The van der Waals surface area contributed by atoms with Crippen LogP contribution in [0.15, 0.2) is 45.8 Å². The SMILES string of the molecule is Cc1cc(Br)cc(NS(=O)(=O)c2ccc(N)cc2F)c1. The number of nitrogens with two attached hydrogens (primary N) is 1. The Morgan fingerprint density at radius 2 is 1.90 bits per heavy atom. The number of nitrogens with one attached hydrogen (secondary N) is 1. The van der Waals surface area contributed by atoms with Gasteiger partial charge in [-0.25, -0.2) is 12.8 Å². The van der Waals surface area contributed by atoms with Crippen LogP contribution in [0.2, 0.25) is 0 Å². The van der Waals surface area contributed by atoms with E-state index in [4.69, 9.17) is 5.73 Å². The molecule has 0 bridgehead atoms. The molecule has 0 unspecified atom stereocenters. The van der Waals surface area contributed by atoms with Crippen LogP contribution in [0.4, 0.5) is 15.8 Å². The van der Waals surface area contributed by atoms with E-state index in [-0.39, 0.29) is 5.69 Å². The number of halogens is 2. The lowest BCUT2D eigenvalue weighted by molar-refractivity contribution is 0.571. The molecule has 0 radical (unpaired) electrons. The average molecular weight is 359 g/mol. The standard InChI is InChI=1S/C13H12BrFN2O2S/c1-8-4-9(14)6-11(5-8)17-20(18,19)13-3-2-10(16)7-12(13)15/h2-7,17H,16H2,1H3. The van der Waals surface area contributed by atoms with Crippen molar-refractivity contribution in [3.63, 3.8) is 0 Å². The molecule has 0 aliphatic heterocycles. The molecule has 0 saturated carbocycles. The molecule has 0 saturated heterocycles. The van der Waals surface area contributed by atoms with Crippen molar-refractivity contribution in [1.82, 2.24) is 0 Å². The van der Waals surface area contributed by atoms with Gasteiger partial charge in [0.05, 0.1) is 5.69 Å². The van der Waals surface area contributed by atoms with Gasteiger partial charge in [-0.2, -0.15) is 0 Å². The summed E-state index contributed by atoms with van der Waals surface area (Å²) in [7, 11) is -4.00. The summed E-state index contributed by atoms with van der Waals surface area (Å²) >= 11 is 3.28. The van der Waals surface area contributed by atoms with Crippen LogP contribution < -0.4 is 10.5 Å². The minimum Gasteiger partial charge on any atom is -0.399 e. The Bertz CT molecular complexity index is 743. The molecule has 0 amide bonds. The van der Waals surface area contributed by atoms with Crippen LogP contribution in [0.3, 0.4) is 0 Å². The fraction of sp³-hybridized carbons (Fsp3) is 0.0769. The maximum atomic E-state index is 13.7.